The monoisotopic (exact) mass is 381 g/mol. The Balaban J connectivity index is 1.40. The van der Waals surface area contributed by atoms with Crippen LogP contribution in [-0.4, -0.2) is 35.8 Å². The van der Waals surface area contributed by atoms with E-state index in [0.717, 1.165) is 55.0 Å². The molecular formula is C23H27NO4. The Bertz CT molecular complexity index is 848. The number of aliphatic hydroxyl groups is 1. The van der Waals surface area contributed by atoms with Crippen LogP contribution in [0, 0.1) is 5.41 Å². The van der Waals surface area contributed by atoms with Gasteiger partial charge < -0.3 is 19.5 Å². The van der Waals surface area contributed by atoms with Crippen molar-refractivity contribution in [2.75, 3.05) is 19.9 Å². The summed E-state index contributed by atoms with van der Waals surface area (Å²) in [6.07, 6.45) is 3.46. The van der Waals surface area contributed by atoms with E-state index in [2.05, 4.69) is 19.1 Å². The first kappa shape index (κ1) is 18.8. The molecule has 1 saturated heterocycles. The number of carbonyl (C=O) groups excluding carboxylic acids is 1. The van der Waals surface area contributed by atoms with E-state index in [1.807, 2.05) is 35.2 Å². The number of amides is 1. The minimum Gasteiger partial charge on any atom is -0.454 e. The van der Waals surface area contributed by atoms with Gasteiger partial charge in [-0.05, 0) is 53.5 Å². The van der Waals surface area contributed by atoms with Crippen molar-refractivity contribution >= 4 is 5.91 Å². The van der Waals surface area contributed by atoms with Crippen molar-refractivity contribution in [3.05, 3.63) is 59.2 Å². The summed E-state index contributed by atoms with van der Waals surface area (Å²) in [5, 5.41) is 9.15. The number of rotatable bonds is 5. The Labute approximate surface area is 165 Å². The molecule has 1 atom stereocenters. The number of carbonyl (C=O) groups is 1. The summed E-state index contributed by atoms with van der Waals surface area (Å²) >= 11 is 0. The first-order valence-corrected chi connectivity index (χ1v) is 9.90. The lowest BCUT2D eigenvalue weighted by molar-refractivity contribution is -0.133. The van der Waals surface area contributed by atoms with E-state index in [1.165, 1.54) is 5.56 Å². The topological polar surface area (TPSA) is 59.0 Å². The lowest BCUT2D eigenvalue weighted by Crippen LogP contribution is -2.46. The van der Waals surface area contributed by atoms with Gasteiger partial charge in [0, 0.05) is 13.1 Å². The lowest BCUT2D eigenvalue weighted by atomic mass is 9.76. The summed E-state index contributed by atoms with van der Waals surface area (Å²) in [6, 6.07) is 13.8. The molecule has 0 spiro atoms. The fourth-order valence-corrected chi connectivity index (χ4v) is 4.27. The quantitative estimate of drug-likeness (QED) is 0.863. The summed E-state index contributed by atoms with van der Waals surface area (Å²) in [5.41, 5.74) is 3.14. The summed E-state index contributed by atoms with van der Waals surface area (Å²) in [7, 11) is 0. The maximum Gasteiger partial charge on any atom is 0.231 e. The predicted molar refractivity (Wildman–Crippen MR) is 106 cm³/mol. The number of hydrogen-bond acceptors (Lipinski definition) is 4. The first-order chi connectivity index (χ1) is 13.5. The summed E-state index contributed by atoms with van der Waals surface area (Å²) in [5.74, 6) is 1.80. The number of benzene rings is 2. The highest BCUT2D eigenvalue weighted by Gasteiger charge is 2.33. The average molecular weight is 381 g/mol. The van der Waals surface area contributed by atoms with Gasteiger partial charge in [-0.2, -0.15) is 0 Å². The number of likely N-dealkylation sites (tertiary alicyclic amines) is 1. The van der Waals surface area contributed by atoms with Crippen LogP contribution in [0.5, 0.6) is 11.5 Å². The highest BCUT2D eigenvalue weighted by atomic mass is 16.7. The van der Waals surface area contributed by atoms with E-state index in [9.17, 15) is 4.79 Å². The fraction of sp³-hybridized carbons (Fsp3) is 0.435. The Morgan fingerprint density at radius 3 is 2.57 bits per heavy atom. The van der Waals surface area contributed by atoms with Crippen LogP contribution in [0.25, 0.3) is 0 Å². The molecule has 2 aliphatic rings. The molecule has 28 heavy (non-hydrogen) atoms. The van der Waals surface area contributed by atoms with Gasteiger partial charge in [-0.25, -0.2) is 0 Å². The van der Waals surface area contributed by atoms with E-state index >= 15 is 0 Å². The molecule has 4 rings (SSSR count). The van der Waals surface area contributed by atoms with E-state index in [4.69, 9.17) is 14.6 Å². The zero-order valence-corrected chi connectivity index (χ0v) is 16.3. The second-order valence-electron chi connectivity index (χ2n) is 8.25. The van der Waals surface area contributed by atoms with Gasteiger partial charge in [0.05, 0.1) is 13.0 Å². The molecule has 2 aliphatic heterocycles. The van der Waals surface area contributed by atoms with Crippen LogP contribution in [0.15, 0.2) is 42.5 Å². The highest BCUT2D eigenvalue weighted by Crippen LogP contribution is 2.37. The number of ether oxygens (including phenoxy) is 2. The maximum absolute atomic E-state index is 12.9. The van der Waals surface area contributed by atoms with Gasteiger partial charge in [-0.1, -0.05) is 37.3 Å². The summed E-state index contributed by atoms with van der Waals surface area (Å²) in [6.45, 7) is 4.18. The third kappa shape index (κ3) is 4.14. The van der Waals surface area contributed by atoms with E-state index < -0.39 is 0 Å². The molecule has 0 radical (unpaired) electrons. The molecule has 1 amide bonds. The van der Waals surface area contributed by atoms with Gasteiger partial charge in [0.15, 0.2) is 11.5 Å². The Morgan fingerprint density at radius 1 is 1.07 bits per heavy atom. The third-order valence-corrected chi connectivity index (χ3v) is 5.76. The van der Waals surface area contributed by atoms with Crippen LogP contribution >= 0.6 is 0 Å². The largest absolute Gasteiger partial charge is 0.454 e. The van der Waals surface area contributed by atoms with E-state index in [1.54, 1.807) is 0 Å². The zero-order chi connectivity index (χ0) is 19.6. The molecule has 5 heteroatoms. The van der Waals surface area contributed by atoms with Crippen molar-refractivity contribution in [1.29, 1.82) is 0 Å². The molecule has 148 valence electrons. The minimum absolute atomic E-state index is 0.0264. The highest BCUT2D eigenvalue weighted by molar-refractivity contribution is 5.79. The van der Waals surface area contributed by atoms with Gasteiger partial charge in [-0.3, -0.25) is 4.79 Å². The van der Waals surface area contributed by atoms with E-state index in [0.29, 0.717) is 6.42 Å². The van der Waals surface area contributed by atoms with Crippen LogP contribution in [0.3, 0.4) is 0 Å². The van der Waals surface area contributed by atoms with Gasteiger partial charge >= 0.3 is 0 Å². The van der Waals surface area contributed by atoms with Gasteiger partial charge in [-0.15, -0.1) is 0 Å². The predicted octanol–water partition coefficient (Wildman–Crippen LogP) is 3.32. The number of nitrogens with zero attached hydrogens (tertiary/aromatic N) is 1. The molecule has 5 nitrogen and oxygen atoms in total. The van der Waals surface area contributed by atoms with Crippen LogP contribution in [0.4, 0.5) is 0 Å². The molecule has 1 N–H and O–H groups in total. The second kappa shape index (κ2) is 7.84. The minimum atomic E-state index is 0.0264. The fourth-order valence-electron chi connectivity index (χ4n) is 4.27. The maximum atomic E-state index is 12.9. The molecule has 1 fully saturated rings. The van der Waals surface area contributed by atoms with Crippen LogP contribution in [-0.2, 0) is 24.2 Å². The molecule has 0 aromatic heterocycles. The van der Waals surface area contributed by atoms with Gasteiger partial charge in [0.25, 0.3) is 0 Å². The molecule has 0 bridgehead atoms. The van der Waals surface area contributed by atoms with Crippen LogP contribution in [0.1, 0.15) is 36.5 Å². The number of piperidine rings is 1. The van der Waals surface area contributed by atoms with Crippen LogP contribution in [0.2, 0.25) is 0 Å². The Morgan fingerprint density at radius 2 is 1.79 bits per heavy atom. The van der Waals surface area contributed by atoms with Crippen molar-refractivity contribution in [2.45, 2.75) is 39.2 Å². The van der Waals surface area contributed by atoms with Gasteiger partial charge in [0.1, 0.15) is 0 Å². The number of fused-ring (bicyclic) bond motifs is 1. The zero-order valence-electron chi connectivity index (χ0n) is 16.3. The molecule has 2 heterocycles. The van der Waals surface area contributed by atoms with E-state index in [-0.39, 0.29) is 24.7 Å². The average Bonchev–Trinajstić information content (AvgIpc) is 3.16. The van der Waals surface area contributed by atoms with Crippen molar-refractivity contribution in [3.8, 4) is 11.5 Å². The van der Waals surface area contributed by atoms with Crippen molar-refractivity contribution in [3.63, 3.8) is 0 Å². The number of aliphatic hydroxyl groups excluding tert-OH is 1. The molecule has 2 aromatic carbocycles. The molecule has 0 saturated carbocycles. The van der Waals surface area contributed by atoms with Gasteiger partial charge in [0.2, 0.25) is 12.7 Å². The van der Waals surface area contributed by atoms with Crippen molar-refractivity contribution < 1.29 is 19.4 Å². The smallest absolute Gasteiger partial charge is 0.231 e. The molecule has 2 aromatic rings. The summed E-state index contributed by atoms with van der Waals surface area (Å²) in [4.78, 5) is 14.9. The number of hydrogen-bond donors (Lipinski definition) is 1. The molecular weight excluding hydrogens is 354 g/mol. The third-order valence-electron chi connectivity index (χ3n) is 5.76. The standard InChI is InChI=1S/C23H27NO4/c1-23(13-19-7-8-20-21(11-19)28-16-27-20)9-2-10-24(15-23)22(26)12-17-3-5-18(14-25)6-4-17/h3-8,11,25H,2,9-10,12-16H2,1H3. The Hall–Kier alpha value is -2.53. The normalized spacial score (nSPS) is 21.0. The van der Waals surface area contributed by atoms with Crippen molar-refractivity contribution in [1.82, 2.24) is 4.90 Å². The molecule has 0 aliphatic carbocycles. The van der Waals surface area contributed by atoms with Crippen molar-refractivity contribution in [2.24, 2.45) is 5.41 Å². The lowest BCUT2D eigenvalue weighted by Gasteiger charge is -2.41. The SMILES string of the molecule is CC1(Cc2ccc3c(c2)OCO3)CCCN(C(=O)Cc2ccc(CO)cc2)C1. The Kier molecular flexibility index (Phi) is 5.27. The molecule has 1 unspecified atom stereocenters. The van der Waals surface area contributed by atoms with Crippen LogP contribution < -0.4 is 9.47 Å². The second-order valence-corrected chi connectivity index (χ2v) is 8.25. The first-order valence-electron chi connectivity index (χ1n) is 9.90. The summed E-state index contributed by atoms with van der Waals surface area (Å²) < 4.78 is 10.9.